The summed E-state index contributed by atoms with van der Waals surface area (Å²) in [6, 6.07) is 22.9. The van der Waals surface area contributed by atoms with Crippen LogP contribution in [0.25, 0.3) is 11.1 Å². The van der Waals surface area contributed by atoms with E-state index in [1.165, 1.54) is 29.2 Å². The number of hydrogen-bond donors (Lipinski definition) is 0. The minimum Gasteiger partial charge on any atom is -0.324 e. The molecule has 0 radical (unpaired) electrons. The molecule has 7 nitrogen and oxygen atoms in total. The normalized spacial score (nSPS) is 13.3. The SMILES string of the molecule is O=C1CCCN1CN(C(=O)c1ccc(-c2ccccc2)cc1)c1ccc([N+](=O)[O-])cc1. The van der Waals surface area contributed by atoms with Crippen LogP contribution in [-0.4, -0.2) is 34.9 Å². The summed E-state index contributed by atoms with van der Waals surface area (Å²) in [6.07, 6.45) is 1.22. The Balaban J connectivity index is 1.62. The largest absolute Gasteiger partial charge is 0.324 e. The smallest absolute Gasteiger partial charge is 0.269 e. The molecule has 0 aromatic heterocycles. The van der Waals surface area contributed by atoms with Crippen LogP contribution in [0.2, 0.25) is 0 Å². The Kier molecular flexibility index (Phi) is 5.75. The minimum atomic E-state index is -0.484. The molecule has 0 aliphatic carbocycles. The van der Waals surface area contributed by atoms with Gasteiger partial charge in [-0.3, -0.25) is 24.6 Å². The van der Waals surface area contributed by atoms with Gasteiger partial charge in [0, 0.05) is 36.3 Å². The van der Waals surface area contributed by atoms with Gasteiger partial charge >= 0.3 is 0 Å². The van der Waals surface area contributed by atoms with E-state index in [2.05, 4.69) is 0 Å². The van der Waals surface area contributed by atoms with E-state index < -0.39 is 4.92 Å². The molecule has 0 atom stereocenters. The Bertz CT molecular complexity index is 1100. The van der Waals surface area contributed by atoms with Crippen molar-refractivity contribution in [3.8, 4) is 11.1 Å². The average molecular weight is 415 g/mol. The number of hydrogen-bond acceptors (Lipinski definition) is 4. The van der Waals surface area contributed by atoms with Gasteiger partial charge in [-0.05, 0) is 41.8 Å². The van der Waals surface area contributed by atoms with E-state index in [0.717, 1.165) is 17.5 Å². The van der Waals surface area contributed by atoms with Gasteiger partial charge in [-0.2, -0.15) is 0 Å². The van der Waals surface area contributed by atoms with Crippen LogP contribution < -0.4 is 4.90 Å². The maximum atomic E-state index is 13.4. The van der Waals surface area contributed by atoms with Crippen molar-refractivity contribution in [2.75, 3.05) is 18.1 Å². The first-order valence-electron chi connectivity index (χ1n) is 10.0. The maximum Gasteiger partial charge on any atom is 0.269 e. The first kappa shape index (κ1) is 20.3. The van der Waals surface area contributed by atoms with Gasteiger partial charge in [0.25, 0.3) is 11.6 Å². The first-order valence-corrected chi connectivity index (χ1v) is 10.0. The standard InChI is InChI=1S/C24H21N3O4/c28-23-7-4-16-25(23)17-26(21-12-14-22(15-13-21)27(30)31)24(29)20-10-8-19(9-11-20)18-5-2-1-3-6-18/h1-3,5-6,8-15H,4,7,16-17H2. The first-order chi connectivity index (χ1) is 15.0. The molecule has 156 valence electrons. The van der Waals surface area contributed by atoms with Crippen LogP contribution in [0.5, 0.6) is 0 Å². The third kappa shape index (κ3) is 4.45. The zero-order chi connectivity index (χ0) is 21.8. The van der Waals surface area contributed by atoms with Gasteiger partial charge in [0.05, 0.1) is 4.92 Å². The lowest BCUT2D eigenvalue weighted by atomic mass is 10.0. The third-order valence-corrected chi connectivity index (χ3v) is 5.34. The summed E-state index contributed by atoms with van der Waals surface area (Å²) < 4.78 is 0. The van der Waals surface area contributed by atoms with Crippen molar-refractivity contribution in [3.63, 3.8) is 0 Å². The average Bonchev–Trinajstić information content (AvgIpc) is 3.22. The molecule has 1 saturated heterocycles. The predicted octanol–water partition coefficient (Wildman–Crippen LogP) is 4.49. The highest BCUT2D eigenvalue weighted by Crippen LogP contribution is 2.25. The number of likely N-dealkylation sites (tertiary alicyclic amines) is 1. The molecule has 0 spiro atoms. The van der Waals surface area contributed by atoms with Crippen LogP contribution in [-0.2, 0) is 4.79 Å². The summed E-state index contributed by atoms with van der Waals surface area (Å²) in [5.74, 6) is -0.271. The molecule has 3 aromatic rings. The fourth-order valence-corrected chi connectivity index (χ4v) is 3.63. The Morgan fingerprint density at radius 1 is 0.935 bits per heavy atom. The summed E-state index contributed by atoms with van der Waals surface area (Å²) in [4.78, 5) is 39.1. The lowest BCUT2D eigenvalue weighted by molar-refractivity contribution is -0.384. The molecule has 7 heteroatoms. The monoisotopic (exact) mass is 415 g/mol. The molecular weight excluding hydrogens is 394 g/mol. The van der Waals surface area contributed by atoms with E-state index in [0.29, 0.717) is 24.2 Å². The summed E-state index contributed by atoms with van der Waals surface area (Å²) in [5.41, 5.74) is 2.97. The second-order valence-electron chi connectivity index (χ2n) is 7.35. The molecule has 0 saturated carbocycles. The summed E-state index contributed by atoms with van der Waals surface area (Å²) in [5, 5.41) is 11.0. The van der Waals surface area contributed by atoms with E-state index in [1.807, 2.05) is 42.5 Å². The fraction of sp³-hybridized carbons (Fsp3) is 0.167. The minimum absolute atomic E-state index is 0.000799. The zero-order valence-corrected chi connectivity index (χ0v) is 16.8. The van der Waals surface area contributed by atoms with Gasteiger partial charge in [0.1, 0.15) is 6.67 Å². The van der Waals surface area contributed by atoms with E-state index >= 15 is 0 Å². The summed E-state index contributed by atoms with van der Waals surface area (Å²) in [7, 11) is 0. The molecule has 0 unspecified atom stereocenters. The van der Waals surface area contributed by atoms with Crippen LogP contribution in [0.3, 0.4) is 0 Å². The van der Waals surface area contributed by atoms with Crippen LogP contribution in [0.4, 0.5) is 11.4 Å². The number of rotatable bonds is 6. The number of non-ortho nitro benzene ring substituents is 1. The van der Waals surface area contributed by atoms with Gasteiger partial charge in [0.15, 0.2) is 0 Å². The molecule has 1 fully saturated rings. The van der Waals surface area contributed by atoms with Crippen LogP contribution in [0.1, 0.15) is 23.2 Å². The Morgan fingerprint density at radius 2 is 1.58 bits per heavy atom. The number of nitrogens with zero attached hydrogens (tertiary/aromatic N) is 3. The number of nitro groups is 1. The molecule has 0 bridgehead atoms. The fourth-order valence-electron chi connectivity index (χ4n) is 3.63. The number of amides is 2. The Labute approximate surface area is 179 Å². The quantitative estimate of drug-likeness (QED) is 0.439. The summed E-state index contributed by atoms with van der Waals surface area (Å²) >= 11 is 0. The lowest BCUT2D eigenvalue weighted by Crippen LogP contribution is -2.42. The molecule has 4 rings (SSSR count). The van der Waals surface area contributed by atoms with Crippen molar-refractivity contribution in [3.05, 3.63) is 94.5 Å². The highest BCUT2D eigenvalue weighted by molar-refractivity contribution is 6.06. The van der Waals surface area contributed by atoms with E-state index in [4.69, 9.17) is 0 Å². The van der Waals surface area contributed by atoms with Gasteiger partial charge in [0.2, 0.25) is 5.91 Å². The van der Waals surface area contributed by atoms with Crippen molar-refractivity contribution in [2.45, 2.75) is 12.8 Å². The van der Waals surface area contributed by atoms with Crippen LogP contribution >= 0.6 is 0 Å². The van der Waals surface area contributed by atoms with Crippen molar-refractivity contribution < 1.29 is 14.5 Å². The van der Waals surface area contributed by atoms with E-state index in [-0.39, 0.29) is 24.2 Å². The van der Waals surface area contributed by atoms with Crippen molar-refractivity contribution >= 4 is 23.2 Å². The zero-order valence-electron chi connectivity index (χ0n) is 16.8. The molecule has 1 aliphatic heterocycles. The van der Waals surface area contributed by atoms with E-state index in [9.17, 15) is 19.7 Å². The molecule has 2 amide bonds. The number of carbonyl (C=O) groups is 2. The number of nitro benzene ring substituents is 1. The molecular formula is C24H21N3O4. The molecule has 0 N–H and O–H groups in total. The highest BCUT2D eigenvalue weighted by Gasteiger charge is 2.26. The second-order valence-corrected chi connectivity index (χ2v) is 7.35. The van der Waals surface area contributed by atoms with Crippen molar-refractivity contribution in [1.82, 2.24) is 4.90 Å². The number of benzene rings is 3. The number of carbonyl (C=O) groups excluding carboxylic acids is 2. The third-order valence-electron chi connectivity index (χ3n) is 5.34. The van der Waals surface area contributed by atoms with Gasteiger partial charge in [-0.1, -0.05) is 42.5 Å². The van der Waals surface area contributed by atoms with Crippen molar-refractivity contribution in [1.29, 1.82) is 0 Å². The summed E-state index contributed by atoms with van der Waals surface area (Å²) in [6.45, 7) is 0.693. The van der Waals surface area contributed by atoms with Gasteiger partial charge in [-0.15, -0.1) is 0 Å². The lowest BCUT2D eigenvalue weighted by Gasteiger charge is -2.28. The van der Waals surface area contributed by atoms with Crippen LogP contribution in [0.15, 0.2) is 78.9 Å². The predicted molar refractivity (Wildman–Crippen MR) is 118 cm³/mol. The topological polar surface area (TPSA) is 83.8 Å². The number of anilines is 1. The maximum absolute atomic E-state index is 13.4. The van der Waals surface area contributed by atoms with E-state index in [1.54, 1.807) is 17.0 Å². The van der Waals surface area contributed by atoms with Gasteiger partial charge < -0.3 is 4.90 Å². The van der Waals surface area contributed by atoms with Gasteiger partial charge in [-0.25, -0.2) is 0 Å². The molecule has 3 aromatic carbocycles. The Morgan fingerprint density at radius 3 is 2.16 bits per heavy atom. The van der Waals surface area contributed by atoms with Crippen molar-refractivity contribution in [2.24, 2.45) is 0 Å². The Hall–Kier alpha value is -4.00. The van der Waals surface area contributed by atoms with Crippen LogP contribution in [0, 0.1) is 10.1 Å². The molecule has 1 aliphatic rings. The molecule has 31 heavy (non-hydrogen) atoms. The highest BCUT2D eigenvalue weighted by atomic mass is 16.6. The molecule has 1 heterocycles. The second kappa shape index (κ2) is 8.79.